The Morgan fingerprint density at radius 2 is 1.93 bits per heavy atom. The third-order valence-electron chi connectivity index (χ3n) is 6.07. The first-order valence-corrected chi connectivity index (χ1v) is 13.4. The zero-order chi connectivity index (χ0) is 28.6. The van der Waals surface area contributed by atoms with Crippen LogP contribution in [0.4, 0.5) is 0 Å². The molecule has 1 aliphatic heterocycles. The standard InChI is InChI=1S/C30H30N2O7S/c1-6-15-38-21-13-11-20(12-14-21)18-24-28(33)32-26(22-9-8-10-23(36-5)27(22)37-7-2)25(19(3)31-30(32)40-24)29(34)39-17-16-35-4/h1,8-14,18,26H,7,15-17H2,2-5H3/b24-18+/t26-/m1/s1. The SMILES string of the molecule is C#CCOc1ccc(/C=c2/sc3n(c2=O)[C@H](c2cccc(OC)c2OCC)C(C(=O)OCCOC)=C(C)N=3)cc1. The van der Waals surface area contributed by atoms with Gasteiger partial charge in [-0.15, -0.1) is 6.42 Å². The number of nitrogens with zero attached hydrogens (tertiary/aromatic N) is 2. The number of benzene rings is 2. The van der Waals surface area contributed by atoms with Crippen LogP contribution in [0.5, 0.6) is 17.2 Å². The molecule has 2 heterocycles. The minimum absolute atomic E-state index is 0.0563. The van der Waals surface area contributed by atoms with Crippen LogP contribution in [0.15, 0.2) is 63.5 Å². The molecule has 4 rings (SSSR count). The van der Waals surface area contributed by atoms with Gasteiger partial charge in [-0.1, -0.05) is 41.5 Å². The van der Waals surface area contributed by atoms with Crippen LogP contribution in [0, 0.1) is 12.3 Å². The number of aromatic nitrogens is 1. The van der Waals surface area contributed by atoms with Gasteiger partial charge in [-0.25, -0.2) is 9.79 Å². The van der Waals surface area contributed by atoms with Crippen molar-refractivity contribution in [1.29, 1.82) is 0 Å². The van der Waals surface area contributed by atoms with Crippen LogP contribution < -0.4 is 29.1 Å². The lowest BCUT2D eigenvalue weighted by molar-refractivity contribution is -0.140. The van der Waals surface area contributed by atoms with Gasteiger partial charge in [0.05, 0.1) is 36.1 Å². The fourth-order valence-corrected chi connectivity index (χ4v) is 5.36. The lowest BCUT2D eigenvalue weighted by Gasteiger charge is -2.27. The number of esters is 1. The van der Waals surface area contributed by atoms with Gasteiger partial charge >= 0.3 is 5.97 Å². The van der Waals surface area contributed by atoms with Gasteiger partial charge in [0.25, 0.3) is 5.56 Å². The predicted octanol–water partition coefficient (Wildman–Crippen LogP) is 2.84. The summed E-state index contributed by atoms with van der Waals surface area (Å²) in [5.74, 6) is 3.38. The molecular formula is C30H30N2O7S. The second kappa shape index (κ2) is 13.2. The van der Waals surface area contributed by atoms with E-state index in [1.807, 2.05) is 25.1 Å². The van der Waals surface area contributed by atoms with Gasteiger partial charge < -0.3 is 23.7 Å². The number of methoxy groups -OCH3 is 2. The number of para-hydroxylation sites is 1. The molecule has 0 aliphatic carbocycles. The quantitative estimate of drug-likeness (QED) is 0.201. The van der Waals surface area contributed by atoms with Gasteiger partial charge in [-0.3, -0.25) is 9.36 Å². The van der Waals surface area contributed by atoms with Crippen molar-refractivity contribution in [3.05, 3.63) is 84.5 Å². The molecule has 3 aromatic rings. The minimum Gasteiger partial charge on any atom is -0.493 e. The zero-order valence-corrected chi connectivity index (χ0v) is 23.6. The van der Waals surface area contributed by atoms with Crippen LogP contribution in [0.3, 0.4) is 0 Å². The molecule has 2 aromatic carbocycles. The average molecular weight is 563 g/mol. The molecule has 0 saturated heterocycles. The number of fused-ring (bicyclic) bond motifs is 1. The van der Waals surface area contributed by atoms with Gasteiger partial charge in [-0.2, -0.15) is 0 Å². The van der Waals surface area contributed by atoms with Crippen molar-refractivity contribution < 1.29 is 28.5 Å². The maximum atomic E-state index is 13.9. The molecule has 0 unspecified atom stereocenters. The molecule has 0 fully saturated rings. The normalized spacial score (nSPS) is 14.7. The molecular weight excluding hydrogens is 532 g/mol. The van der Waals surface area contributed by atoms with Crippen LogP contribution in [-0.2, 0) is 14.3 Å². The largest absolute Gasteiger partial charge is 0.493 e. The zero-order valence-electron chi connectivity index (χ0n) is 22.8. The van der Waals surface area contributed by atoms with Crippen molar-refractivity contribution >= 4 is 23.4 Å². The van der Waals surface area contributed by atoms with E-state index in [4.69, 9.17) is 30.1 Å². The van der Waals surface area contributed by atoms with Gasteiger partial charge in [0.2, 0.25) is 0 Å². The van der Waals surface area contributed by atoms with Gasteiger partial charge in [-0.05, 0) is 43.7 Å². The molecule has 1 atom stereocenters. The molecule has 0 saturated carbocycles. The number of rotatable bonds is 11. The van der Waals surface area contributed by atoms with Crippen molar-refractivity contribution in [3.63, 3.8) is 0 Å². The number of allylic oxidation sites excluding steroid dienone is 1. The fourth-order valence-electron chi connectivity index (χ4n) is 4.32. The monoisotopic (exact) mass is 562 g/mol. The Kier molecular flexibility index (Phi) is 9.43. The summed E-state index contributed by atoms with van der Waals surface area (Å²) < 4.78 is 29.5. The Morgan fingerprint density at radius 1 is 1.15 bits per heavy atom. The molecule has 208 valence electrons. The van der Waals surface area contributed by atoms with Gasteiger partial charge in [0.1, 0.15) is 25.0 Å². The van der Waals surface area contributed by atoms with Crippen molar-refractivity contribution in [3.8, 4) is 29.6 Å². The van der Waals surface area contributed by atoms with E-state index in [0.29, 0.717) is 44.4 Å². The topological polar surface area (TPSA) is 97.6 Å². The lowest BCUT2D eigenvalue weighted by atomic mass is 9.94. The van der Waals surface area contributed by atoms with E-state index in [2.05, 4.69) is 10.9 Å². The van der Waals surface area contributed by atoms with Crippen LogP contribution in [0.1, 0.15) is 31.0 Å². The van der Waals surface area contributed by atoms with Crippen LogP contribution >= 0.6 is 11.3 Å². The third kappa shape index (κ3) is 5.96. The average Bonchev–Trinajstić information content (AvgIpc) is 3.26. The molecule has 0 N–H and O–H groups in total. The molecule has 40 heavy (non-hydrogen) atoms. The highest BCUT2D eigenvalue weighted by molar-refractivity contribution is 7.07. The van der Waals surface area contributed by atoms with Crippen LogP contribution in [0.25, 0.3) is 6.08 Å². The second-order valence-corrected chi connectivity index (χ2v) is 9.59. The van der Waals surface area contributed by atoms with E-state index in [0.717, 1.165) is 5.56 Å². The number of hydrogen-bond acceptors (Lipinski definition) is 9. The third-order valence-corrected chi connectivity index (χ3v) is 7.06. The Labute approximate surface area is 235 Å². The first-order valence-electron chi connectivity index (χ1n) is 12.6. The van der Waals surface area contributed by atoms with E-state index in [-0.39, 0.29) is 31.0 Å². The molecule has 10 heteroatoms. The number of carbonyl (C=O) groups is 1. The molecule has 0 amide bonds. The Bertz CT molecular complexity index is 1630. The summed E-state index contributed by atoms with van der Waals surface area (Å²) in [6.45, 7) is 4.39. The summed E-state index contributed by atoms with van der Waals surface area (Å²) >= 11 is 1.23. The highest BCUT2D eigenvalue weighted by Crippen LogP contribution is 2.40. The van der Waals surface area contributed by atoms with Crippen molar-refractivity contribution in [2.45, 2.75) is 19.9 Å². The van der Waals surface area contributed by atoms with Crippen molar-refractivity contribution in [2.75, 3.05) is 40.6 Å². The Hall–Kier alpha value is -4.33. The first-order chi connectivity index (χ1) is 19.4. The van der Waals surface area contributed by atoms with Crippen LogP contribution in [0.2, 0.25) is 0 Å². The maximum absolute atomic E-state index is 13.9. The van der Waals surface area contributed by atoms with E-state index in [9.17, 15) is 9.59 Å². The smallest absolute Gasteiger partial charge is 0.338 e. The van der Waals surface area contributed by atoms with Crippen LogP contribution in [-0.4, -0.2) is 51.2 Å². The highest BCUT2D eigenvalue weighted by Gasteiger charge is 2.36. The summed E-state index contributed by atoms with van der Waals surface area (Å²) in [5.41, 5.74) is 1.75. The summed E-state index contributed by atoms with van der Waals surface area (Å²) in [6, 6.07) is 11.7. The molecule has 1 aliphatic rings. The van der Waals surface area contributed by atoms with E-state index >= 15 is 0 Å². The van der Waals surface area contributed by atoms with Crippen molar-refractivity contribution in [1.82, 2.24) is 4.57 Å². The Balaban J connectivity index is 1.89. The number of carbonyl (C=O) groups excluding carboxylic acids is 1. The molecule has 1 aromatic heterocycles. The number of thiazole rings is 1. The fraction of sp³-hybridized carbons (Fsp3) is 0.300. The van der Waals surface area contributed by atoms with Gasteiger partial charge in [0.15, 0.2) is 16.3 Å². The maximum Gasteiger partial charge on any atom is 0.338 e. The van der Waals surface area contributed by atoms with E-state index < -0.39 is 12.0 Å². The lowest BCUT2D eigenvalue weighted by Crippen LogP contribution is -2.40. The molecule has 0 radical (unpaired) electrons. The Morgan fingerprint density at radius 3 is 2.60 bits per heavy atom. The number of ether oxygens (including phenoxy) is 5. The summed E-state index contributed by atoms with van der Waals surface area (Å²) in [4.78, 5) is 32.4. The van der Waals surface area contributed by atoms with E-state index in [1.54, 1.807) is 37.3 Å². The number of terminal acetylenes is 1. The summed E-state index contributed by atoms with van der Waals surface area (Å²) in [7, 11) is 3.06. The second-order valence-electron chi connectivity index (χ2n) is 8.58. The highest BCUT2D eigenvalue weighted by atomic mass is 32.1. The van der Waals surface area contributed by atoms with Gasteiger partial charge in [0, 0.05) is 12.7 Å². The predicted molar refractivity (Wildman–Crippen MR) is 152 cm³/mol. The summed E-state index contributed by atoms with van der Waals surface area (Å²) in [6.07, 6.45) is 7.03. The molecule has 9 nitrogen and oxygen atoms in total. The molecule has 0 spiro atoms. The van der Waals surface area contributed by atoms with E-state index in [1.165, 1.54) is 30.1 Å². The number of hydrogen-bond donors (Lipinski definition) is 0. The first kappa shape index (κ1) is 28.7. The summed E-state index contributed by atoms with van der Waals surface area (Å²) in [5, 5.41) is 0. The van der Waals surface area contributed by atoms with Crippen molar-refractivity contribution in [2.24, 2.45) is 4.99 Å². The minimum atomic E-state index is -0.857. The molecule has 0 bridgehead atoms.